The van der Waals surface area contributed by atoms with Gasteiger partial charge in [-0.05, 0) is 6.07 Å². The Labute approximate surface area is 107 Å². The summed E-state index contributed by atoms with van der Waals surface area (Å²) in [5.74, 6) is -3.12. The third-order valence-electron chi connectivity index (χ3n) is 2.64. The fourth-order valence-electron chi connectivity index (χ4n) is 1.75. The monoisotopic (exact) mass is 268 g/mol. The van der Waals surface area contributed by atoms with Gasteiger partial charge in [-0.25, -0.2) is 18.6 Å². The number of imidazole rings is 1. The number of methoxy groups -OCH3 is 1. The smallest absolute Gasteiger partial charge is 0.354 e. The predicted molar refractivity (Wildman–Crippen MR) is 62.1 cm³/mol. The average molecular weight is 268 g/mol. The van der Waals surface area contributed by atoms with Gasteiger partial charge in [0, 0.05) is 18.7 Å². The van der Waals surface area contributed by atoms with Gasteiger partial charge in [-0.2, -0.15) is 0 Å². The number of aromatic carboxylic acids is 1. The van der Waals surface area contributed by atoms with E-state index >= 15 is 0 Å². The summed E-state index contributed by atoms with van der Waals surface area (Å²) >= 11 is 0. The lowest BCUT2D eigenvalue weighted by Crippen LogP contribution is -2.06. The van der Waals surface area contributed by atoms with Crippen molar-refractivity contribution in [3.8, 4) is 17.0 Å². The van der Waals surface area contributed by atoms with Crippen molar-refractivity contribution in [2.45, 2.75) is 0 Å². The molecule has 2 rings (SSSR count). The molecule has 0 fully saturated rings. The molecule has 0 saturated carbocycles. The van der Waals surface area contributed by atoms with E-state index in [1.807, 2.05) is 0 Å². The molecule has 1 heterocycles. The van der Waals surface area contributed by atoms with Gasteiger partial charge in [0.1, 0.15) is 11.5 Å². The maximum Gasteiger partial charge on any atom is 0.354 e. The topological polar surface area (TPSA) is 64.4 Å². The molecule has 0 aliphatic heterocycles. The number of hydrogen-bond acceptors (Lipinski definition) is 3. The SMILES string of the molecule is COc1cc(F)c(-c2ncn(C)c2C(=O)O)cc1F. The Hall–Kier alpha value is -2.44. The predicted octanol–water partition coefficient (Wildman–Crippen LogP) is 2.07. The second kappa shape index (κ2) is 4.68. The number of benzene rings is 1. The Bertz CT molecular complexity index is 653. The summed E-state index contributed by atoms with van der Waals surface area (Å²) in [6.07, 6.45) is 1.22. The van der Waals surface area contributed by atoms with Gasteiger partial charge in [0.25, 0.3) is 0 Å². The summed E-state index contributed by atoms with van der Waals surface area (Å²) in [4.78, 5) is 14.9. The number of carboxylic acid groups (broad SMARTS) is 1. The normalized spacial score (nSPS) is 10.5. The van der Waals surface area contributed by atoms with Gasteiger partial charge in [-0.3, -0.25) is 0 Å². The summed E-state index contributed by atoms with van der Waals surface area (Å²) in [6.45, 7) is 0. The number of nitrogens with zero attached hydrogens (tertiary/aromatic N) is 2. The van der Waals surface area contributed by atoms with Gasteiger partial charge in [-0.15, -0.1) is 0 Å². The Morgan fingerprint density at radius 1 is 1.37 bits per heavy atom. The number of halogens is 2. The van der Waals surface area contributed by atoms with Crippen LogP contribution in [0, 0.1) is 11.6 Å². The summed E-state index contributed by atoms with van der Waals surface area (Å²) in [7, 11) is 2.67. The van der Waals surface area contributed by atoms with Crippen LogP contribution in [0.5, 0.6) is 5.75 Å². The number of aromatic nitrogens is 2. The first-order valence-corrected chi connectivity index (χ1v) is 5.23. The van der Waals surface area contributed by atoms with Gasteiger partial charge < -0.3 is 14.4 Å². The second-order valence-corrected chi connectivity index (χ2v) is 3.82. The second-order valence-electron chi connectivity index (χ2n) is 3.82. The van der Waals surface area contributed by atoms with Crippen LogP contribution in [-0.4, -0.2) is 27.7 Å². The minimum Gasteiger partial charge on any atom is -0.494 e. The van der Waals surface area contributed by atoms with Crippen molar-refractivity contribution < 1.29 is 23.4 Å². The van der Waals surface area contributed by atoms with E-state index in [1.165, 1.54) is 25.1 Å². The molecule has 0 unspecified atom stereocenters. The molecule has 0 bridgehead atoms. The van der Waals surface area contributed by atoms with Crippen LogP contribution in [0.2, 0.25) is 0 Å². The number of carboxylic acids is 1. The van der Waals surface area contributed by atoms with E-state index in [0.717, 1.165) is 12.1 Å². The molecular weight excluding hydrogens is 258 g/mol. The quantitative estimate of drug-likeness (QED) is 0.925. The van der Waals surface area contributed by atoms with Gasteiger partial charge in [-0.1, -0.05) is 0 Å². The lowest BCUT2D eigenvalue weighted by atomic mass is 10.1. The fraction of sp³-hybridized carbons (Fsp3) is 0.167. The zero-order chi connectivity index (χ0) is 14.2. The molecule has 19 heavy (non-hydrogen) atoms. The average Bonchev–Trinajstić information content (AvgIpc) is 2.73. The number of carbonyl (C=O) groups is 1. The van der Waals surface area contributed by atoms with Crippen LogP contribution in [-0.2, 0) is 7.05 Å². The van der Waals surface area contributed by atoms with Crippen LogP contribution in [0.3, 0.4) is 0 Å². The minimum absolute atomic E-state index is 0.131. The van der Waals surface area contributed by atoms with Crippen LogP contribution in [0.1, 0.15) is 10.5 Å². The highest BCUT2D eigenvalue weighted by atomic mass is 19.1. The van der Waals surface area contributed by atoms with Crippen LogP contribution >= 0.6 is 0 Å². The van der Waals surface area contributed by atoms with Crippen molar-refractivity contribution in [1.82, 2.24) is 9.55 Å². The van der Waals surface area contributed by atoms with Crippen molar-refractivity contribution in [3.63, 3.8) is 0 Å². The maximum atomic E-state index is 13.9. The number of hydrogen-bond donors (Lipinski definition) is 1. The van der Waals surface area contributed by atoms with E-state index in [1.54, 1.807) is 0 Å². The Balaban J connectivity index is 2.66. The zero-order valence-electron chi connectivity index (χ0n) is 10.1. The van der Waals surface area contributed by atoms with Crippen LogP contribution in [0.25, 0.3) is 11.3 Å². The molecule has 0 amide bonds. The molecule has 2 aromatic rings. The van der Waals surface area contributed by atoms with Crippen LogP contribution in [0.4, 0.5) is 8.78 Å². The van der Waals surface area contributed by atoms with Crippen molar-refractivity contribution >= 4 is 5.97 Å². The highest BCUT2D eigenvalue weighted by molar-refractivity contribution is 5.93. The van der Waals surface area contributed by atoms with E-state index in [9.17, 15) is 13.6 Å². The van der Waals surface area contributed by atoms with E-state index in [2.05, 4.69) is 9.72 Å². The zero-order valence-corrected chi connectivity index (χ0v) is 10.1. The highest BCUT2D eigenvalue weighted by Gasteiger charge is 2.22. The number of ether oxygens (including phenoxy) is 1. The molecule has 0 atom stereocenters. The summed E-state index contributed by atoms with van der Waals surface area (Å²) in [6, 6.07) is 1.72. The molecule has 0 aliphatic rings. The number of aryl methyl sites for hydroxylation is 1. The summed E-state index contributed by atoms with van der Waals surface area (Å²) < 4.78 is 33.3. The summed E-state index contributed by atoms with van der Waals surface area (Å²) in [5, 5.41) is 9.06. The Kier molecular flexibility index (Phi) is 3.20. The molecule has 0 spiro atoms. The van der Waals surface area contributed by atoms with Crippen molar-refractivity contribution in [2.75, 3.05) is 7.11 Å². The standard InChI is InChI=1S/C12H10F2N2O3/c1-16-5-15-10(11(16)12(17)18)6-3-8(14)9(19-2)4-7(6)13/h3-5H,1-2H3,(H,17,18). The first-order valence-electron chi connectivity index (χ1n) is 5.23. The Morgan fingerprint density at radius 3 is 2.63 bits per heavy atom. The first kappa shape index (κ1) is 13.0. The third kappa shape index (κ3) is 2.14. The van der Waals surface area contributed by atoms with E-state index in [4.69, 9.17) is 5.11 Å². The van der Waals surface area contributed by atoms with E-state index in [-0.39, 0.29) is 22.7 Å². The largest absolute Gasteiger partial charge is 0.494 e. The van der Waals surface area contributed by atoms with Gasteiger partial charge >= 0.3 is 5.97 Å². The first-order chi connectivity index (χ1) is 8.95. The molecule has 0 radical (unpaired) electrons. The molecule has 0 saturated heterocycles. The van der Waals surface area contributed by atoms with E-state index < -0.39 is 17.6 Å². The molecule has 1 N–H and O–H groups in total. The van der Waals surface area contributed by atoms with Gasteiger partial charge in [0.05, 0.1) is 13.4 Å². The van der Waals surface area contributed by atoms with Crippen LogP contribution < -0.4 is 4.74 Å². The lowest BCUT2D eigenvalue weighted by Gasteiger charge is -2.06. The van der Waals surface area contributed by atoms with Crippen LogP contribution in [0.15, 0.2) is 18.5 Å². The van der Waals surface area contributed by atoms with Crippen molar-refractivity contribution in [3.05, 3.63) is 35.8 Å². The van der Waals surface area contributed by atoms with E-state index in [0.29, 0.717) is 0 Å². The molecule has 5 nitrogen and oxygen atoms in total. The third-order valence-corrected chi connectivity index (χ3v) is 2.64. The van der Waals surface area contributed by atoms with Gasteiger partial charge in [0.2, 0.25) is 0 Å². The molecule has 0 aliphatic carbocycles. The molecule has 100 valence electrons. The van der Waals surface area contributed by atoms with Crippen molar-refractivity contribution in [1.29, 1.82) is 0 Å². The number of rotatable bonds is 3. The Morgan fingerprint density at radius 2 is 2.05 bits per heavy atom. The minimum atomic E-state index is -1.27. The van der Waals surface area contributed by atoms with Crippen molar-refractivity contribution in [2.24, 2.45) is 7.05 Å². The highest BCUT2D eigenvalue weighted by Crippen LogP contribution is 2.30. The fourth-order valence-corrected chi connectivity index (χ4v) is 1.75. The summed E-state index contributed by atoms with van der Waals surface area (Å²) in [5.41, 5.74) is -0.575. The molecule has 1 aromatic carbocycles. The molecule has 7 heteroatoms. The molecule has 1 aromatic heterocycles. The maximum absolute atomic E-state index is 13.9. The van der Waals surface area contributed by atoms with Gasteiger partial charge in [0.15, 0.2) is 17.3 Å². The molecular formula is C12H10F2N2O3. The lowest BCUT2D eigenvalue weighted by molar-refractivity contribution is 0.0687.